The predicted molar refractivity (Wildman–Crippen MR) is 115 cm³/mol. The van der Waals surface area contributed by atoms with Gasteiger partial charge in [-0.05, 0) is 34.0 Å². The second-order valence-corrected chi connectivity index (χ2v) is 8.95. The molecule has 1 aromatic carbocycles. The van der Waals surface area contributed by atoms with Crippen LogP contribution in [0.2, 0.25) is 0 Å². The van der Waals surface area contributed by atoms with Crippen molar-refractivity contribution in [1.82, 2.24) is 25.0 Å². The van der Waals surface area contributed by atoms with Gasteiger partial charge in [0.2, 0.25) is 17.7 Å². The van der Waals surface area contributed by atoms with Crippen molar-refractivity contribution in [2.45, 2.75) is 31.3 Å². The van der Waals surface area contributed by atoms with E-state index in [0.29, 0.717) is 23.5 Å². The fraction of sp³-hybridized carbons (Fsp3) is 0.474. The lowest BCUT2D eigenvalue weighted by Crippen LogP contribution is -2.38. The second-order valence-electron chi connectivity index (χ2n) is 7.16. The van der Waals surface area contributed by atoms with E-state index in [1.54, 1.807) is 11.8 Å². The molecule has 154 valence electrons. The summed E-state index contributed by atoms with van der Waals surface area (Å²) in [5.74, 6) is 2.99. The maximum absolute atomic E-state index is 5.86. The minimum absolute atomic E-state index is 0.482. The van der Waals surface area contributed by atoms with Crippen LogP contribution in [0.25, 0.3) is 11.5 Å². The molecule has 0 bridgehead atoms. The molecule has 3 heterocycles. The van der Waals surface area contributed by atoms with E-state index in [9.17, 15) is 0 Å². The largest absolute Gasteiger partial charge is 0.420 e. The Morgan fingerprint density at radius 2 is 1.90 bits per heavy atom. The molecule has 1 saturated heterocycles. The Balaban J connectivity index is 1.49. The molecular formula is C19H23BrN6O2S. The number of aromatic nitrogens is 5. The van der Waals surface area contributed by atoms with Crippen LogP contribution < -0.4 is 4.90 Å². The highest BCUT2D eigenvalue weighted by molar-refractivity contribution is 9.10. The van der Waals surface area contributed by atoms with Crippen LogP contribution in [-0.4, -0.2) is 51.3 Å². The van der Waals surface area contributed by atoms with Gasteiger partial charge in [-0.15, -0.1) is 20.4 Å². The van der Waals surface area contributed by atoms with Crippen LogP contribution in [0.4, 0.5) is 5.95 Å². The van der Waals surface area contributed by atoms with Gasteiger partial charge in [0, 0.05) is 24.1 Å². The van der Waals surface area contributed by atoms with Crippen LogP contribution in [-0.2, 0) is 17.0 Å². The summed E-state index contributed by atoms with van der Waals surface area (Å²) >= 11 is 5.09. The Morgan fingerprint density at radius 1 is 1.10 bits per heavy atom. The molecule has 10 heteroatoms. The zero-order valence-corrected chi connectivity index (χ0v) is 18.8. The molecule has 1 aliphatic heterocycles. The van der Waals surface area contributed by atoms with Crippen LogP contribution in [0.5, 0.6) is 0 Å². The number of thioether (sulfide) groups is 1. The first-order valence-electron chi connectivity index (χ1n) is 9.58. The standard InChI is InChI=1S/C19H23BrN6O2S/c1-13(2)11-26-18(25-7-9-27-10-8-25)23-24-19(26)29-12-16-21-22-17(28-16)14-5-3-4-6-15(14)20/h3-6,13H,7-12H2,1-2H3. The molecule has 0 saturated carbocycles. The Kier molecular flexibility index (Phi) is 6.51. The third-order valence-electron chi connectivity index (χ3n) is 4.43. The van der Waals surface area contributed by atoms with E-state index < -0.39 is 0 Å². The van der Waals surface area contributed by atoms with Gasteiger partial charge in [-0.25, -0.2) is 0 Å². The van der Waals surface area contributed by atoms with Crippen molar-refractivity contribution in [3.05, 3.63) is 34.6 Å². The van der Waals surface area contributed by atoms with Crippen LogP contribution in [0.15, 0.2) is 38.3 Å². The number of benzene rings is 1. The minimum Gasteiger partial charge on any atom is -0.420 e. The molecule has 0 radical (unpaired) electrons. The fourth-order valence-corrected chi connectivity index (χ4v) is 4.33. The van der Waals surface area contributed by atoms with Crippen molar-refractivity contribution >= 4 is 33.6 Å². The molecular weight excluding hydrogens is 456 g/mol. The van der Waals surface area contributed by atoms with E-state index in [1.165, 1.54) is 0 Å². The van der Waals surface area contributed by atoms with E-state index in [0.717, 1.165) is 54.0 Å². The summed E-state index contributed by atoms with van der Waals surface area (Å²) in [6.07, 6.45) is 0. The first-order chi connectivity index (χ1) is 14.1. The molecule has 0 unspecified atom stereocenters. The molecule has 0 N–H and O–H groups in total. The third kappa shape index (κ3) is 4.81. The number of hydrogen-bond donors (Lipinski definition) is 0. The normalized spacial score (nSPS) is 14.7. The summed E-state index contributed by atoms with van der Waals surface area (Å²) in [6.45, 7) is 8.35. The Morgan fingerprint density at radius 3 is 2.66 bits per heavy atom. The third-order valence-corrected chi connectivity index (χ3v) is 6.08. The number of hydrogen-bond acceptors (Lipinski definition) is 8. The van der Waals surface area contributed by atoms with E-state index in [4.69, 9.17) is 9.15 Å². The lowest BCUT2D eigenvalue weighted by atomic mass is 10.2. The molecule has 0 amide bonds. The molecule has 3 aromatic rings. The number of halogens is 1. The lowest BCUT2D eigenvalue weighted by molar-refractivity contribution is 0.121. The molecule has 1 fully saturated rings. The summed E-state index contributed by atoms with van der Waals surface area (Å²) < 4.78 is 14.4. The fourth-order valence-electron chi connectivity index (χ4n) is 3.09. The number of rotatable bonds is 7. The zero-order valence-electron chi connectivity index (χ0n) is 16.4. The topological polar surface area (TPSA) is 82.1 Å². The molecule has 0 aliphatic carbocycles. The van der Waals surface area contributed by atoms with Gasteiger partial charge in [-0.3, -0.25) is 4.57 Å². The van der Waals surface area contributed by atoms with Crippen molar-refractivity contribution in [1.29, 1.82) is 0 Å². The van der Waals surface area contributed by atoms with Crippen LogP contribution in [0.1, 0.15) is 19.7 Å². The molecule has 0 atom stereocenters. The van der Waals surface area contributed by atoms with Crippen molar-refractivity contribution < 1.29 is 9.15 Å². The van der Waals surface area contributed by atoms with Gasteiger partial charge < -0.3 is 14.1 Å². The van der Waals surface area contributed by atoms with Crippen LogP contribution in [0, 0.1) is 5.92 Å². The first-order valence-corrected chi connectivity index (χ1v) is 11.4. The molecule has 1 aliphatic rings. The average molecular weight is 479 g/mol. The van der Waals surface area contributed by atoms with Gasteiger partial charge in [0.05, 0.1) is 24.5 Å². The first kappa shape index (κ1) is 20.4. The van der Waals surface area contributed by atoms with Crippen LogP contribution >= 0.6 is 27.7 Å². The van der Waals surface area contributed by atoms with Gasteiger partial charge in [-0.2, -0.15) is 0 Å². The number of ether oxygens (including phenoxy) is 1. The van der Waals surface area contributed by atoms with Crippen molar-refractivity contribution in [3.63, 3.8) is 0 Å². The van der Waals surface area contributed by atoms with Crippen LogP contribution in [0.3, 0.4) is 0 Å². The van der Waals surface area contributed by atoms with E-state index in [1.807, 2.05) is 24.3 Å². The summed E-state index contributed by atoms with van der Waals surface area (Å²) in [4.78, 5) is 2.24. The zero-order chi connectivity index (χ0) is 20.2. The van der Waals surface area contributed by atoms with E-state index in [-0.39, 0.29) is 0 Å². The number of nitrogens with zero attached hydrogens (tertiary/aromatic N) is 6. The van der Waals surface area contributed by atoms with Crippen molar-refractivity contribution in [2.75, 3.05) is 31.2 Å². The van der Waals surface area contributed by atoms with Gasteiger partial charge >= 0.3 is 0 Å². The highest BCUT2D eigenvalue weighted by atomic mass is 79.9. The Hall–Kier alpha value is -1.91. The summed E-state index contributed by atoms with van der Waals surface area (Å²) in [6, 6.07) is 7.80. The monoisotopic (exact) mass is 478 g/mol. The van der Waals surface area contributed by atoms with E-state index in [2.05, 4.69) is 59.6 Å². The SMILES string of the molecule is CC(C)Cn1c(SCc2nnc(-c3ccccc3Br)o2)nnc1N1CCOCC1. The molecule has 4 rings (SSSR count). The average Bonchev–Trinajstić information content (AvgIpc) is 3.34. The molecule has 0 spiro atoms. The minimum atomic E-state index is 0.482. The highest BCUT2D eigenvalue weighted by Crippen LogP contribution is 2.29. The van der Waals surface area contributed by atoms with Crippen molar-refractivity contribution in [3.8, 4) is 11.5 Å². The van der Waals surface area contributed by atoms with Gasteiger partial charge in [0.25, 0.3) is 0 Å². The molecule has 2 aromatic heterocycles. The summed E-state index contributed by atoms with van der Waals surface area (Å²) in [7, 11) is 0. The Labute approximate surface area is 182 Å². The maximum Gasteiger partial charge on any atom is 0.248 e. The second kappa shape index (κ2) is 9.27. The summed E-state index contributed by atoms with van der Waals surface area (Å²) in [5.41, 5.74) is 0.883. The predicted octanol–water partition coefficient (Wildman–Crippen LogP) is 3.88. The van der Waals surface area contributed by atoms with E-state index >= 15 is 0 Å². The molecule has 8 nitrogen and oxygen atoms in total. The lowest BCUT2D eigenvalue weighted by Gasteiger charge is -2.28. The highest BCUT2D eigenvalue weighted by Gasteiger charge is 2.22. The smallest absolute Gasteiger partial charge is 0.248 e. The quantitative estimate of drug-likeness (QED) is 0.473. The number of morpholine rings is 1. The summed E-state index contributed by atoms with van der Waals surface area (Å²) in [5, 5.41) is 18.1. The molecule has 29 heavy (non-hydrogen) atoms. The maximum atomic E-state index is 5.86. The van der Waals surface area contributed by atoms with Gasteiger partial charge in [-0.1, -0.05) is 37.7 Å². The van der Waals surface area contributed by atoms with Gasteiger partial charge in [0.1, 0.15) is 0 Å². The number of anilines is 1. The Bertz CT molecular complexity index is 954. The van der Waals surface area contributed by atoms with Gasteiger partial charge in [0.15, 0.2) is 5.16 Å². The van der Waals surface area contributed by atoms with Crippen molar-refractivity contribution in [2.24, 2.45) is 5.92 Å².